The van der Waals surface area contributed by atoms with E-state index in [1.54, 1.807) is 0 Å². The fraction of sp³-hybridized carbons (Fsp3) is 0.720. The highest BCUT2D eigenvalue weighted by molar-refractivity contribution is 5.81. The van der Waals surface area contributed by atoms with Crippen molar-refractivity contribution in [3.05, 3.63) is 29.8 Å². The van der Waals surface area contributed by atoms with Gasteiger partial charge in [0.05, 0.1) is 38.6 Å². The van der Waals surface area contributed by atoms with Gasteiger partial charge in [-0.1, -0.05) is 18.2 Å². The van der Waals surface area contributed by atoms with Crippen LogP contribution < -0.4 is 10.1 Å². The third-order valence-corrected chi connectivity index (χ3v) is 7.50. The maximum atomic E-state index is 12.8. The van der Waals surface area contributed by atoms with E-state index in [4.69, 9.17) is 18.9 Å². The summed E-state index contributed by atoms with van der Waals surface area (Å²) in [6.07, 6.45) is 6.23. The molecule has 6 rings (SSSR count). The Morgan fingerprint density at radius 2 is 1.81 bits per heavy atom. The Morgan fingerprint density at radius 3 is 2.66 bits per heavy atom. The molecule has 3 fully saturated rings. The molecule has 32 heavy (non-hydrogen) atoms. The number of rotatable bonds is 2. The molecule has 176 valence electrons. The van der Waals surface area contributed by atoms with Crippen molar-refractivity contribution in [3.63, 3.8) is 0 Å². The van der Waals surface area contributed by atoms with Gasteiger partial charge in [-0.05, 0) is 62.6 Å². The Bertz CT molecular complexity index is 760. The summed E-state index contributed by atoms with van der Waals surface area (Å²) < 4.78 is 23.8. The van der Waals surface area contributed by atoms with E-state index in [1.165, 1.54) is 5.56 Å². The van der Waals surface area contributed by atoms with Gasteiger partial charge in [0.25, 0.3) is 5.91 Å². The van der Waals surface area contributed by atoms with Crippen LogP contribution in [0.2, 0.25) is 0 Å². The van der Waals surface area contributed by atoms with Crippen molar-refractivity contribution in [2.45, 2.75) is 68.7 Å². The summed E-state index contributed by atoms with van der Waals surface area (Å²) in [7, 11) is 0. The van der Waals surface area contributed by atoms with Gasteiger partial charge in [-0.15, -0.1) is 0 Å². The second-order valence-electron chi connectivity index (χ2n) is 9.49. The number of ether oxygens (including phenoxy) is 4. The topological polar surface area (TPSA) is 69.3 Å². The zero-order valence-electron chi connectivity index (χ0n) is 18.9. The largest absolute Gasteiger partial charge is 0.492 e. The number of carbonyl (C=O) groups excluding carboxylic acids is 1. The van der Waals surface area contributed by atoms with Gasteiger partial charge < -0.3 is 24.3 Å². The highest BCUT2D eigenvalue weighted by Crippen LogP contribution is 2.38. The third kappa shape index (κ3) is 5.11. The molecule has 7 heteroatoms. The van der Waals surface area contributed by atoms with Gasteiger partial charge in [0.2, 0.25) is 0 Å². The molecule has 1 saturated carbocycles. The van der Waals surface area contributed by atoms with Crippen LogP contribution >= 0.6 is 0 Å². The van der Waals surface area contributed by atoms with E-state index in [-0.39, 0.29) is 18.0 Å². The molecule has 1 aromatic rings. The number of piperidine rings is 1. The Balaban J connectivity index is 1.30. The first-order chi connectivity index (χ1) is 15.8. The Hall–Kier alpha value is -1.67. The number of nitrogens with one attached hydrogen (secondary N) is 1. The van der Waals surface area contributed by atoms with Gasteiger partial charge in [0.1, 0.15) is 12.4 Å². The van der Waals surface area contributed by atoms with Gasteiger partial charge in [-0.25, -0.2) is 0 Å². The monoisotopic (exact) mass is 444 g/mol. The SMILES string of the molecule is O=C(N[C@H]1CCCN2CCOc3ccccc3C3CCC(CC3)OCC12)C1COCCO1. The van der Waals surface area contributed by atoms with Crippen LogP contribution in [0.1, 0.15) is 50.0 Å². The fourth-order valence-electron chi connectivity index (χ4n) is 5.71. The lowest BCUT2D eigenvalue weighted by atomic mass is 9.82. The molecular weight excluding hydrogens is 408 g/mol. The molecule has 2 unspecified atom stereocenters. The number of amides is 1. The molecule has 1 N–H and O–H groups in total. The molecule has 5 aliphatic rings. The van der Waals surface area contributed by atoms with Crippen LogP contribution in [0.5, 0.6) is 5.75 Å². The number of para-hydroxylation sites is 1. The highest BCUT2D eigenvalue weighted by atomic mass is 16.6. The predicted molar refractivity (Wildman–Crippen MR) is 120 cm³/mol. The van der Waals surface area contributed by atoms with Crippen molar-refractivity contribution in [1.29, 1.82) is 0 Å². The van der Waals surface area contributed by atoms with Crippen molar-refractivity contribution >= 4 is 5.91 Å². The Morgan fingerprint density at radius 1 is 0.938 bits per heavy atom. The summed E-state index contributed by atoms with van der Waals surface area (Å²) in [5.41, 5.74) is 1.35. The van der Waals surface area contributed by atoms with Crippen molar-refractivity contribution in [2.24, 2.45) is 0 Å². The molecule has 4 aliphatic heterocycles. The molecule has 2 saturated heterocycles. The standard InChI is InChI=1S/C25H36N2O5/c28-25(24-17-29-14-15-31-24)26-21-5-3-11-27-12-13-30-23-6-2-1-4-20(23)18-7-9-19(10-8-18)32-16-22(21)27/h1-2,4,6,18-19,21-22,24H,3,5,7-17H2,(H,26,28)/t18?,19?,21-,22?,24?/m0/s1. The molecule has 0 radical (unpaired) electrons. The number of hydrogen-bond donors (Lipinski definition) is 1. The molecule has 2 bridgehead atoms. The predicted octanol–water partition coefficient (Wildman–Crippen LogP) is 2.49. The lowest BCUT2D eigenvalue weighted by Crippen LogP contribution is -2.60. The first kappa shape index (κ1) is 22.1. The molecule has 4 heterocycles. The molecule has 1 aliphatic carbocycles. The van der Waals surface area contributed by atoms with Crippen LogP contribution in [0.15, 0.2) is 24.3 Å². The van der Waals surface area contributed by atoms with Crippen molar-refractivity contribution < 1.29 is 23.7 Å². The number of nitrogens with zero attached hydrogens (tertiary/aromatic N) is 1. The van der Waals surface area contributed by atoms with Crippen LogP contribution in [0.25, 0.3) is 0 Å². The van der Waals surface area contributed by atoms with Crippen molar-refractivity contribution in [1.82, 2.24) is 10.2 Å². The van der Waals surface area contributed by atoms with Gasteiger partial charge >= 0.3 is 0 Å². The highest BCUT2D eigenvalue weighted by Gasteiger charge is 2.36. The maximum Gasteiger partial charge on any atom is 0.251 e. The van der Waals surface area contributed by atoms with E-state index in [1.807, 2.05) is 0 Å². The summed E-state index contributed by atoms with van der Waals surface area (Å²) in [5.74, 6) is 1.52. The van der Waals surface area contributed by atoms with E-state index in [0.29, 0.717) is 45.1 Å². The number of hydrogen-bond acceptors (Lipinski definition) is 6. The average Bonchev–Trinajstić information content (AvgIpc) is 2.86. The maximum absolute atomic E-state index is 12.8. The van der Waals surface area contributed by atoms with Crippen LogP contribution in [0.3, 0.4) is 0 Å². The van der Waals surface area contributed by atoms with Crippen molar-refractivity contribution in [3.8, 4) is 5.75 Å². The summed E-state index contributed by atoms with van der Waals surface area (Å²) in [6, 6.07) is 8.73. The van der Waals surface area contributed by atoms with E-state index >= 15 is 0 Å². The normalized spacial score (nSPS) is 34.1. The van der Waals surface area contributed by atoms with Gasteiger partial charge in [0, 0.05) is 12.6 Å². The number of carbonyl (C=O) groups is 1. The van der Waals surface area contributed by atoms with Crippen LogP contribution in [-0.2, 0) is 19.0 Å². The lowest BCUT2D eigenvalue weighted by Gasteiger charge is -2.42. The first-order valence-electron chi connectivity index (χ1n) is 12.3. The second-order valence-corrected chi connectivity index (χ2v) is 9.49. The minimum Gasteiger partial charge on any atom is -0.492 e. The van der Waals surface area contributed by atoms with Crippen LogP contribution in [0, 0.1) is 0 Å². The minimum absolute atomic E-state index is 0.0514. The smallest absolute Gasteiger partial charge is 0.251 e. The number of benzene rings is 1. The Kier molecular flexibility index (Phi) is 7.27. The summed E-state index contributed by atoms with van der Waals surface area (Å²) in [5, 5.41) is 3.26. The number of fused-ring (bicyclic) bond motifs is 5. The zero-order chi connectivity index (χ0) is 21.8. The van der Waals surface area contributed by atoms with Crippen molar-refractivity contribution in [2.75, 3.05) is 46.1 Å². The summed E-state index contributed by atoms with van der Waals surface area (Å²) in [4.78, 5) is 15.3. The third-order valence-electron chi connectivity index (χ3n) is 7.50. The van der Waals surface area contributed by atoms with E-state index in [9.17, 15) is 4.79 Å². The lowest BCUT2D eigenvalue weighted by molar-refractivity contribution is -0.149. The Labute approximate surface area is 190 Å². The van der Waals surface area contributed by atoms with E-state index in [2.05, 4.69) is 34.5 Å². The second kappa shape index (κ2) is 10.5. The minimum atomic E-state index is -0.509. The molecule has 1 amide bonds. The molecule has 7 nitrogen and oxygen atoms in total. The molecule has 0 spiro atoms. The first-order valence-corrected chi connectivity index (χ1v) is 12.3. The van der Waals surface area contributed by atoms with E-state index < -0.39 is 6.10 Å². The molecular formula is C25H36N2O5. The quantitative estimate of drug-likeness (QED) is 0.756. The molecule has 0 aromatic heterocycles. The molecule has 1 aromatic carbocycles. The summed E-state index contributed by atoms with van der Waals surface area (Å²) >= 11 is 0. The molecule has 3 atom stereocenters. The van der Waals surface area contributed by atoms with E-state index in [0.717, 1.165) is 57.4 Å². The zero-order valence-corrected chi connectivity index (χ0v) is 18.9. The summed E-state index contributed by atoms with van der Waals surface area (Å²) in [6.45, 7) is 4.49. The van der Waals surface area contributed by atoms with Gasteiger partial charge in [0.15, 0.2) is 6.10 Å². The van der Waals surface area contributed by atoms with Crippen LogP contribution in [0.4, 0.5) is 0 Å². The van der Waals surface area contributed by atoms with Crippen LogP contribution in [-0.4, -0.2) is 81.2 Å². The van der Waals surface area contributed by atoms with Gasteiger partial charge in [-0.2, -0.15) is 0 Å². The fourth-order valence-corrected chi connectivity index (χ4v) is 5.71. The van der Waals surface area contributed by atoms with Gasteiger partial charge in [-0.3, -0.25) is 9.69 Å². The average molecular weight is 445 g/mol.